The van der Waals surface area contributed by atoms with Gasteiger partial charge in [-0.25, -0.2) is 9.97 Å². The number of amides is 1. The van der Waals surface area contributed by atoms with Crippen molar-refractivity contribution in [3.05, 3.63) is 89.3 Å². The number of allylic oxidation sites excluding steroid dienone is 1. The molecule has 0 unspecified atom stereocenters. The number of fused-ring (bicyclic) bond motifs is 1. The minimum atomic E-state index is -0.169. The van der Waals surface area contributed by atoms with Crippen molar-refractivity contribution in [3.63, 3.8) is 0 Å². The highest BCUT2D eigenvalue weighted by Crippen LogP contribution is 2.37. The fraction of sp³-hybridized carbons (Fsp3) is 0.323. The first kappa shape index (κ1) is 26.3. The van der Waals surface area contributed by atoms with Gasteiger partial charge in [0.25, 0.3) is 0 Å². The molecule has 8 heteroatoms. The SMILES string of the molecule is C/C=C(\C)C(=O)N1CCC[C@H]1c1nc(-c2ccc(C(=O)c3cc(C(C)(C)C)ccn3)cc2)c2c(N)nccn12. The zero-order valence-corrected chi connectivity index (χ0v) is 23.1. The first-order valence-electron chi connectivity index (χ1n) is 13.3. The Hall–Kier alpha value is -4.33. The smallest absolute Gasteiger partial charge is 0.249 e. The number of carbonyl (C=O) groups excluding carboxylic acids is 2. The predicted octanol–water partition coefficient (Wildman–Crippen LogP) is 5.53. The molecule has 5 rings (SSSR count). The van der Waals surface area contributed by atoms with Gasteiger partial charge in [0, 0.05) is 41.8 Å². The Bertz CT molecular complexity index is 1590. The predicted molar refractivity (Wildman–Crippen MR) is 152 cm³/mol. The molecule has 1 fully saturated rings. The molecule has 1 aromatic carbocycles. The van der Waals surface area contributed by atoms with Crippen LogP contribution in [-0.2, 0) is 10.2 Å². The lowest BCUT2D eigenvalue weighted by Gasteiger charge is -2.24. The lowest BCUT2D eigenvalue weighted by atomic mass is 9.87. The largest absolute Gasteiger partial charge is 0.382 e. The van der Waals surface area contributed by atoms with E-state index < -0.39 is 0 Å². The molecule has 0 aliphatic carbocycles. The summed E-state index contributed by atoms with van der Waals surface area (Å²) in [6.45, 7) is 10.7. The second kappa shape index (κ2) is 10.1. The minimum absolute atomic E-state index is 0.0207. The van der Waals surface area contributed by atoms with Crippen molar-refractivity contribution in [3.8, 4) is 11.3 Å². The third-order valence-corrected chi connectivity index (χ3v) is 7.47. The number of pyridine rings is 1. The quantitative estimate of drug-likeness (QED) is 0.273. The maximum absolute atomic E-state index is 13.2. The summed E-state index contributed by atoms with van der Waals surface area (Å²) in [5, 5.41) is 0. The molecule has 39 heavy (non-hydrogen) atoms. The van der Waals surface area contributed by atoms with Crippen LogP contribution in [0, 0.1) is 0 Å². The number of benzene rings is 1. The van der Waals surface area contributed by atoms with Gasteiger partial charge < -0.3 is 10.6 Å². The number of nitrogens with two attached hydrogens (primary N) is 1. The number of nitrogen functional groups attached to an aromatic ring is 1. The summed E-state index contributed by atoms with van der Waals surface area (Å²) < 4.78 is 1.94. The molecule has 0 spiro atoms. The third-order valence-electron chi connectivity index (χ3n) is 7.47. The summed E-state index contributed by atoms with van der Waals surface area (Å²) in [5.41, 5.74) is 11.2. The molecular weight excluding hydrogens is 488 g/mol. The maximum atomic E-state index is 13.2. The van der Waals surface area contributed by atoms with Gasteiger partial charge in [0.2, 0.25) is 11.7 Å². The van der Waals surface area contributed by atoms with Crippen molar-refractivity contribution in [2.75, 3.05) is 12.3 Å². The number of hydrogen-bond donors (Lipinski definition) is 1. The molecule has 1 aliphatic rings. The van der Waals surface area contributed by atoms with Crippen LogP contribution in [0.4, 0.5) is 5.82 Å². The van der Waals surface area contributed by atoms with Gasteiger partial charge in [-0.1, -0.05) is 51.1 Å². The maximum Gasteiger partial charge on any atom is 0.249 e. The second-order valence-corrected chi connectivity index (χ2v) is 11.1. The summed E-state index contributed by atoms with van der Waals surface area (Å²) in [6, 6.07) is 11.0. The molecule has 1 amide bonds. The van der Waals surface area contributed by atoms with Crippen LogP contribution < -0.4 is 5.73 Å². The van der Waals surface area contributed by atoms with Crippen LogP contribution in [0.25, 0.3) is 16.8 Å². The zero-order valence-electron chi connectivity index (χ0n) is 23.1. The Morgan fingerprint density at radius 2 is 1.82 bits per heavy atom. The highest BCUT2D eigenvalue weighted by molar-refractivity contribution is 6.08. The van der Waals surface area contributed by atoms with Crippen LogP contribution in [0.15, 0.2) is 66.6 Å². The van der Waals surface area contributed by atoms with Gasteiger partial charge in [-0.2, -0.15) is 0 Å². The normalized spacial score (nSPS) is 16.2. The second-order valence-electron chi connectivity index (χ2n) is 11.1. The molecule has 4 heterocycles. The Balaban J connectivity index is 1.52. The fourth-order valence-electron chi connectivity index (χ4n) is 5.10. The van der Waals surface area contributed by atoms with Crippen LogP contribution in [0.2, 0.25) is 0 Å². The molecule has 0 bridgehead atoms. The van der Waals surface area contributed by atoms with E-state index in [-0.39, 0.29) is 23.1 Å². The molecule has 4 aromatic rings. The van der Waals surface area contributed by atoms with E-state index in [1.54, 1.807) is 24.5 Å². The first-order valence-corrected chi connectivity index (χ1v) is 13.3. The van der Waals surface area contributed by atoms with Crippen molar-refractivity contribution < 1.29 is 9.59 Å². The number of carbonyl (C=O) groups is 2. The Morgan fingerprint density at radius 3 is 2.51 bits per heavy atom. The number of likely N-dealkylation sites (tertiary alicyclic amines) is 1. The van der Waals surface area contributed by atoms with Crippen molar-refractivity contribution >= 4 is 23.0 Å². The lowest BCUT2D eigenvalue weighted by Crippen LogP contribution is -2.32. The summed E-state index contributed by atoms with van der Waals surface area (Å²) in [4.78, 5) is 41.9. The zero-order chi connectivity index (χ0) is 27.9. The van der Waals surface area contributed by atoms with Crippen molar-refractivity contribution in [1.82, 2.24) is 24.3 Å². The molecule has 0 saturated carbocycles. The minimum Gasteiger partial charge on any atom is -0.382 e. The van der Waals surface area contributed by atoms with E-state index in [2.05, 4.69) is 30.7 Å². The molecule has 3 aromatic heterocycles. The van der Waals surface area contributed by atoms with Crippen molar-refractivity contribution in [1.29, 1.82) is 0 Å². The van der Waals surface area contributed by atoms with Gasteiger partial charge in [-0.15, -0.1) is 0 Å². The monoisotopic (exact) mass is 522 g/mol. The highest BCUT2D eigenvalue weighted by atomic mass is 16.2. The molecule has 1 saturated heterocycles. The average molecular weight is 523 g/mol. The van der Waals surface area contributed by atoms with E-state index in [1.165, 1.54) is 0 Å². The summed E-state index contributed by atoms with van der Waals surface area (Å²) in [5.74, 6) is 0.998. The van der Waals surface area contributed by atoms with Gasteiger partial charge in [0.05, 0.1) is 6.04 Å². The van der Waals surface area contributed by atoms with E-state index >= 15 is 0 Å². The number of ketones is 1. The molecular formula is C31H34N6O2. The van der Waals surface area contributed by atoms with Gasteiger partial charge in [0.15, 0.2) is 0 Å². The van der Waals surface area contributed by atoms with Crippen LogP contribution in [0.1, 0.15) is 80.9 Å². The number of hydrogen-bond acceptors (Lipinski definition) is 6. The Morgan fingerprint density at radius 1 is 1.08 bits per heavy atom. The van der Waals surface area contributed by atoms with Gasteiger partial charge in [-0.05, 0) is 49.8 Å². The van der Waals surface area contributed by atoms with E-state index in [1.807, 2.05) is 59.7 Å². The topological polar surface area (TPSA) is 106 Å². The van der Waals surface area contributed by atoms with Gasteiger partial charge in [0.1, 0.15) is 28.5 Å². The summed E-state index contributed by atoms with van der Waals surface area (Å²) in [7, 11) is 0. The third kappa shape index (κ3) is 4.82. The van der Waals surface area contributed by atoms with Crippen molar-refractivity contribution in [2.24, 2.45) is 0 Å². The summed E-state index contributed by atoms with van der Waals surface area (Å²) in [6.07, 6.45) is 8.73. The van der Waals surface area contributed by atoms with E-state index in [0.717, 1.165) is 29.8 Å². The first-order chi connectivity index (χ1) is 18.6. The number of aromatic nitrogens is 4. The number of imidazole rings is 1. The standard InChI is InChI=1S/C31H34N6O2/c1-6-19(2)30(39)36-16-7-8-24(36)29-35-25(26-28(32)34-15-17-37(26)29)20-9-11-21(12-10-20)27(38)23-18-22(13-14-33-23)31(3,4)5/h6,9-15,17-18,24H,7-8,16H2,1-5H3,(H2,32,34)/b19-6+/t24-/m0/s1. The van der Waals surface area contributed by atoms with Crippen LogP contribution in [0.5, 0.6) is 0 Å². The van der Waals surface area contributed by atoms with Crippen LogP contribution in [0.3, 0.4) is 0 Å². The van der Waals surface area contributed by atoms with Crippen molar-refractivity contribution in [2.45, 2.75) is 58.9 Å². The lowest BCUT2D eigenvalue weighted by molar-refractivity contribution is -0.128. The Labute approximate surface area is 228 Å². The van der Waals surface area contributed by atoms with E-state index in [4.69, 9.17) is 10.7 Å². The Kier molecular flexibility index (Phi) is 6.80. The molecule has 1 aliphatic heterocycles. The highest BCUT2D eigenvalue weighted by Gasteiger charge is 2.34. The molecule has 0 radical (unpaired) electrons. The van der Waals surface area contributed by atoms with Gasteiger partial charge in [-0.3, -0.25) is 19.0 Å². The van der Waals surface area contributed by atoms with Gasteiger partial charge >= 0.3 is 0 Å². The fourth-order valence-corrected chi connectivity index (χ4v) is 5.10. The number of rotatable bonds is 5. The summed E-state index contributed by atoms with van der Waals surface area (Å²) >= 11 is 0. The van der Waals surface area contributed by atoms with Crippen LogP contribution in [-0.4, -0.2) is 42.5 Å². The molecule has 8 nitrogen and oxygen atoms in total. The molecule has 200 valence electrons. The van der Waals surface area contributed by atoms with Crippen LogP contribution >= 0.6 is 0 Å². The van der Waals surface area contributed by atoms with E-state index in [9.17, 15) is 9.59 Å². The average Bonchev–Trinajstić information content (AvgIpc) is 3.57. The molecule has 1 atom stereocenters. The number of anilines is 1. The van der Waals surface area contributed by atoms with E-state index in [0.29, 0.717) is 40.4 Å². The number of nitrogens with zero attached hydrogens (tertiary/aromatic N) is 5. The molecule has 2 N–H and O–H groups in total.